The highest BCUT2D eigenvalue weighted by Crippen LogP contribution is 2.25. The quantitative estimate of drug-likeness (QED) is 0.683. The summed E-state index contributed by atoms with van der Waals surface area (Å²) in [5, 5.41) is 5.50. The maximum Gasteiger partial charge on any atom is 0.325 e. The molecule has 0 radical (unpaired) electrons. The summed E-state index contributed by atoms with van der Waals surface area (Å²) >= 11 is 0. The van der Waals surface area contributed by atoms with Crippen LogP contribution in [0, 0.1) is 5.92 Å². The van der Waals surface area contributed by atoms with E-state index in [9.17, 15) is 14.4 Å². The Labute approximate surface area is 171 Å². The molecule has 1 atom stereocenters. The third kappa shape index (κ3) is 5.06. The van der Waals surface area contributed by atoms with Crippen molar-refractivity contribution in [2.45, 2.75) is 39.2 Å². The van der Waals surface area contributed by atoms with E-state index in [0.717, 1.165) is 30.1 Å². The van der Waals surface area contributed by atoms with Crippen molar-refractivity contribution >= 4 is 29.2 Å². The van der Waals surface area contributed by atoms with E-state index in [0.29, 0.717) is 31.2 Å². The van der Waals surface area contributed by atoms with E-state index in [1.165, 1.54) is 0 Å². The Bertz CT molecular complexity index is 758. The number of hydrogen-bond acceptors (Lipinski definition) is 5. The Morgan fingerprint density at radius 1 is 1.21 bits per heavy atom. The van der Waals surface area contributed by atoms with Gasteiger partial charge in [-0.25, -0.2) is 4.79 Å². The van der Waals surface area contributed by atoms with Gasteiger partial charge in [-0.3, -0.25) is 14.5 Å². The van der Waals surface area contributed by atoms with Crippen LogP contribution < -0.4 is 15.5 Å². The summed E-state index contributed by atoms with van der Waals surface area (Å²) in [7, 11) is 0. The van der Waals surface area contributed by atoms with Gasteiger partial charge in [-0.2, -0.15) is 0 Å². The number of anilines is 2. The fraction of sp³-hybridized carbons (Fsp3) is 0.571. The lowest BCUT2D eigenvalue weighted by Crippen LogP contribution is -2.44. The van der Waals surface area contributed by atoms with E-state index in [1.54, 1.807) is 6.92 Å². The predicted octanol–water partition coefficient (Wildman–Crippen LogP) is 2.21. The average Bonchev–Trinajstić information content (AvgIpc) is 2.91. The number of carbonyl (C=O) groups excluding carboxylic acids is 3. The van der Waals surface area contributed by atoms with Crippen molar-refractivity contribution in [3.63, 3.8) is 0 Å². The van der Waals surface area contributed by atoms with Crippen LogP contribution in [0.1, 0.15) is 33.6 Å². The third-order valence-corrected chi connectivity index (χ3v) is 5.40. The molecule has 2 fully saturated rings. The molecule has 4 amide bonds. The standard InChI is InChI=1S/C21H30N4O4/c1-15(2)8-9-21(3)19(27)25(20(28)23-21)14-18(26)22-16-4-6-17(7-5-16)24-10-12-29-13-11-24/h4-7,15H,8-14H2,1-3H3,(H,22,26)(H,23,28). The average molecular weight is 402 g/mol. The summed E-state index contributed by atoms with van der Waals surface area (Å²) in [5.41, 5.74) is 0.754. The van der Waals surface area contributed by atoms with Gasteiger partial charge in [-0.1, -0.05) is 13.8 Å². The lowest BCUT2D eigenvalue weighted by Gasteiger charge is -2.28. The first-order chi connectivity index (χ1) is 13.8. The number of rotatable bonds is 7. The molecule has 29 heavy (non-hydrogen) atoms. The number of morpholine rings is 1. The molecular weight excluding hydrogens is 372 g/mol. The summed E-state index contributed by atoms with van der Waals surface area (Å²) in [6.45, 7) is 8.66. The van der Waals surface area contributed by atoms with Crippen LogP contribution in [0.5, 0.6) is 0 Å². The Morgan fingerprint density at radius 2 is 1.86 bits per heavy atom. The van der Waals surface area contributed by atoms with Gasteiger partial charge < -0.3 is 20.3 Å². The van der Waals surface area contributed by atoms with Crippen LogP contribution in [-0.4, -0.2) is 61.1 Å². The SMILES string of the molecule is CC(C)CCC1(C)NC(=O)N(CC(=O)Nc2ccc(N3CCOCC3)cc2)C1=O. The zero-order chi connectivity index (χ0) is 21.0. The summed E-state index contributed by atoms with van der Waals surface area (Å²) in [6, 6.07) is 7.01. The van der Waals surface area contributed by atoms with Crippen LogP contribution >= 0.6 is 0 Å². The van der Waals surface area contributed by atoms with Crippen molar-refractivity contribution in [3.05, 3.63) is 24.3 Å². The molecule has 1 unspecified atom stereocenters. The molecule has 1 aromatic rings. The Hall–Kier alpha value is -2.61. The first-order valence-corrected chi connectivity index (χ1v) is 10.2. The van der Waals surface area contributed by atoms with E-state index < -0.39 is 17.5 Å². The number of imide groups is 1. The van der Waals surface area contributed by atoms with E-state index in [2.05, 4.69) is 29.4 Å². The molecule has 0 aliphatic carbocycles. The molecule has 0 saturated carbocycles. The molecule has 0 bridgehead atoms. The summed E-state index contributed by atoms with van der Waals surface area (Å²) in [4.78, 5) is 40.6. The van der Waals surface area contributed by atoms with Crippen molar-refractivity contribution in [1.82, 2.24) is 10.2 Å². The topological polar surface area (TPSA) is 91.0 Å². The Kier molecular flexibility index (Phi) is 6.42. The minimum Gasteiger partial charge on any atom is -0.378 e. The van der Waals surface area contributed by atoms with Crippen LogP contribution in [0.4, 0.5) is 16.2 Å². The molecule has 2 aliphatic heterocycles. The minimum absolute atomic E-state index is 0.298. The Morgan fingerprint density at radius 3 is 2.48 bits per heavy atom. The van der Waals surface area contributed by atoms with Gasteiger partial charge in [0.1, 0.15) is 12.1 Å². The summed E-state index contributed by atoms with van der Waals surface area (Å²) in [6.07, 6.45) is 1.37. The summed E-state index contributed by atoms with van der Waals surface area (Å²) in [5.74, 6) is -0.323. The smallest absolute Gasteiger partial charge is 0.325 e. The molecule has 2 heterocycles. The van der Waals surface area contributed by atoms with Crippen LogP contribution in [0.25, 0.3) is 0 Å². The van der Waals surface area contributed by atoms with E-state index >= 15 is 0 Å². The number of carbonyl (C=O) groups is 3. The molecule has 0 spiro atoms. The number of hydrogen-bond donors (Lipinski definition) is 2. The van der Waals surface area contributed by atoms with Crippen LogP contribution in [0.2, 0.25) is 0 Å². The van der Waals surface area contributed by atoms with Crippen molar-refractivity contribution in [3.8, 4) is 0 Å². The molecule has 2 saturated heterocycles. The van der Waals surface area contributed by atoms with Gasteiger partial charge >= 0.3 is 6.03 Å². The predicted molar refractivity (Wildman–Crippen MR) is 111 cm³/mol. The molecular formula is C21H30N4O4. The zero-order valence-corrected chi connectivity index (χ0v) is 17.4. The second-order valence-electron chi connectivity index (χ2n) is 8.28. The number of nitrogens with one attached hydrogen (secondary N) is 2. The largest absolute Gasteiger partial charge is 0.378 e. The van der Waals surface area contributed by atoms with Gasteiger partial charge in [0.15, 0.2) is 0 Å². The molecule has 158 valence electrons. The number of ether oxygens (including phenoxy) is 1. The highest BCUT2D eigenvalue weighted by atomic mass is 16.5. The maximum absolute atomic E-state index is 12.7. The number of nitrogens with zero attached hydrogens (tertiary/aromatic N) is 2. The normalized spacial score (nSPS) is 22.2. The van der Waals surface area contributed by atoms with Crippen molar-refractivity contribution < 1.29 is 19.1 Å². The second kappa shape index (κ2) is 8.82. The fourth-order valence-electron chi connectivity index (χ4n) is 3.56. The van der Waals surface area contributed by atoms with Crippen molar-refractivity contribution in [2.24, 2.45) is 5.92 Å². The van der Waals surface area contributed by atoms with Crippen molar-refractivity contribution in [2.75, 3.05) is 43.1 Å². The summed E-state index contributed by atoms with van der Waals surface area (Å²) < 4.78 is 5.36. The van der Waals surface area contributed by atoms with Crippen LogP contribution in [0.3, 0.4) is 0 Å². The van der Waals surface area contributed by atoms with Gasteiger partial charge in [0, 0.05) is 24.5 Å². The fourth-order valence-corrected chi connectivity index (χ4v) is 3.56. The molecule has 1 aromatic carbocycles. The van der Waals surface area contributed by atoms with Gasteiger partial charge in [-0.15, -0.1) is 0 Å². The monoisotopic (exact) mass is 402 g/mol. The molecule has 2 N–H and O–H groups in total. The minimum atomic E-state index is -0.943. The number of urea groups is 1. The van der Waals surface area contributed by atoms with Crippen molar-refractivity contribution in [1.29, 1.82) is 0 Å². The number of amides is 4. The van der Waals surface area contributed by atoms with Gasteiger partial charge in [0.2, 0.25) is 5.91 Å². The molecule has 8 nitrogen and oxygen atoms in total. The molecule has 3 rings (SSSR count). The van der Waals surface area contributed by atoms with Gasteiger partial charge in [-0.05, 0) is 49.9 Å². The van der Waals surface area contributed by atoms with Crippen LogP contribution in [0.15, 0.2) is 24.3 Å². The lowest BCUT2D eigenvalue weighted by molar-refractivity contribution is -0.133. The highest BCUT2D eigenvalue weighted by molar-refractivity contribution is 6.09. The van der Waals surface area contributed by atoms with E-state index in [-0.39, 0.29) is 12.5 Å². The highest BCUT2D eigenvalue weighted by Gasteiger charge is 2.47. The third-order valence-electron chi connectivity index (χ3n) is 5.40. The lowest BCUT2D eigenvalue weighted by atomic mass is 9.92. The van der Waals surface area contributed by atoms with E-state index in [1.807, 2.05) is 24.3 Å². The Balaban J connectivity index is 1.56. The van der Waals surface area contributed by atoms with E-state index in [4.69, 9.17) is 4.74 Å². The maximum atomic E-state index is 12.7. The second-order valence-corrected chi connectivity index (χ2v) is 8.28. The first kappa shape index (κ1) is 21.1. The van der Waals surface area contributed by atoms with Gasteiger partial charge in [0.25, 0.3) is 5.91 Å². The molecule has 8 heteroatoms. The number of benzene rings is 1. The van der Waals surface area contributed by atoms with Gasteiger partial charge in [0.05, 0.1) is 13.2 Å². The molecule has 0 aromatic heterocycles. The first-order valence-electron chi connectivity index (χ1n) is 10.2. The zero-order valence-electron chi connectivity index (χ0n) is 17.4. The van der Waals surface area contributed by atoms with Crippen LogP contribution in [-0.2, 0) is 14.3 Å². The molecule has 2 aliphatic rings.